The van der Waals surface area contributed by atoms with Crippen molar-refractivity contribution in [3.63, 3.8) is 0 Å². The van der Waals surface area contributed by atoms with Gasteiger partial charge in [-0.25, -0.2) is 9.97 Å². The molecular formula is C17H19N5OS. The number of aromatic nitrogens is 4. The van der Waals surface area contributed by atoms with Crippen molar-refractivity contribution in [3.05, 3.63) is 47.5 Å². The molecule has 0 fully saturated rings. The lowest BCUT2D eigenvalue weighted by Gasteiger charge is -2.13. The Balaban J connectivity index is 1.57. The normalized spacial score (nSPS) is 13.0. The molecule has 24 heavy (non-hydrogen) atoms. The number of fused-ring (bicyclic) bond motifs is 2. The van der Waals surface area contributed by atoms with Gasteiger partial charge < -0.3 is 15.0 Å². The first-order valence-electron chi connectivity index (χ1n) is 7.90. The van der Waals surface area contributed by atoms with E-state index < -0.39 is 0 Å². The van der Waals surface area contributed by atoms with Gasteiger partial charge in [-0.1, -0.05) is 11.3 Å². The summed E-state index contributed by atoms with van der Waals surface area (Å²) in [6.07, 6.45) is 5.86. The Morgan fingerprint density at radius 3 is 3.04 bits per heavy atom. The number of rotatable bonds is 5. The van der Waals surface area contributed by atoms with Gasteiger partial charge in [-0.15, -0.1) is 0 Å². The Morgan fingerprint density at radius 1 is 1.38 bits per heavy atom. The number of benzene rings is 1. The Labute approximate surface area is 143 Å². The van der Waals surface area contributed by atoms with Crippen molar-refractivity contribution in [2.24, 2.45) is 0 Å². The number of nitrogens with zero attached hydrogens (tertiary/aromatic N) is 4. The molecule has 3 aromatic heterocycles. The van der Waals surface area contributed by atoms with Crippen LogP contribution in [0.1, 0.15) is 23.7 Å². The molecule has 2 N–H and O–H groups in total. The molecule has 7 heteroatoms. The summed E-state index contributed by atoms with van der Waals surface area (Å²) < 4.78 is 4.11. The first-order chi connectivity index (χ1) is 11.7. The molecule has 0 amide bonds. The van der Waals surface area contributed by atoms with E-state index in [1.165, 1.54) is 4.88 Å². The minimum atomic E-state index is 0.0242. The van der Waals surface area contributed by atoms with Crippen LogP contribution < -0.4 is 5.32 Å². The summed E-state index contributed by atoms with van der Waals surface area (Å²) in [7, 11) is 0. The van der Waals surface area contributed by atoms with Crippen molar-refractivity contribution in [1.29, 1.82) is 0 Å². The van der Waals surface area contributed by atoms with E-state index in [1.807, 2.05) is 30.6 Å². The molecule has 6 nitrogen and oxygen atoms in total. The highest BCUT2D eigenvalue weighted by atomic mass is 32.1. The summed E-state index contributed by atoms with van der Waals surface area (Å²) in [5.41, 5.74) is 3.03. The third kappa shape index (κ3) is 2.55. The van der Waals surface area contributed by atoms with Crippen LogP contribution in [0.3, 0.4) is 0 Å². The lowest BCUT2D eigenvalue weighted by atomic mass is 10.2. The van der Waals surface area contributed by atoms with Gasteiger partial charge in [0.05, 0.1) is 30.2 Å². The van der Waals surface area contributed by atoms with E-state index in [-0.39, 0.29) is 12.6 Å². The second-order valence-corrected chi connectivity index (χ2v) is 7.03. The molecule has 4 rings (SSSR count). The van der Waals surface area contributed by atoms with Gasteiger partial charge in [0, 0.05) is 29.2 Å². The highest BCUT2D eigenvalue weighted by molar-refractivity contribution is 7.17. The average Bonchev–Trinajstić information content (AvgIpc) is 3.23. The highest BCUT2D eigenvalue weighted by Gasteiger charge is 2.13. The number of imidazole rings is 2. The second-order valence-electron chi connectivity index (χ2n) is 5.93. The third-order valence-electron chi connectivity index (χ3n) is 4.18. The van der Waals surface area contributed by atoms with Crippen LogP contribution in [0.5, 0.6) is 0 Å². The predicted octanol–water partition coefficient (Wildman–Crippen LogP) is 3.22. The van der Waals surface area contributed by atoms with Gasteiger partial charge in [-0.2, -0.15) is 0 Å². The molecule has 0 aliphatic rings. The molecule has 1 unspecified atom stereocenters. The lowest BCUT2D eigenvalue weighted by Crippen LogP contribution is -2.10. The fourth-order valence-corrected chi connectivity index (χ4v) is 3.89. The van der Waals surface area contributed by atoms with Gasteiger partial charge in [-0.05, 0) is 32.0 Å². The molecule has 0 bridgehead atoms. The first kappa shape index (κ1) is 15.2. The zero-order valence-corrected chi connectivity index (χ0v) is 14.4. The number of anilines is 1. The van der Waals surface area contributed by atoms with Gasteiger partial charge >= 0.3 is 0 Å². The van der Waals surface area contributed by atoms with Crippen LogP contribution in [0.15, 0.2) is 36.8 Å². The quantitative estimate of drug-likeness (QED) is 0.585. The first-order valence-corrected chi connectivity index (χ1v) is 8.72. The third-order valence-corrected chi connectivity index (χ3v) is 5.19. The van der Waals surface area contributed by atoms with Crippen molar-refractivity contribution in [2.45, 2.75) is 26.4 Å². The summed E-state index contributed by atoms with van der Waals surface area (Å²) >= 11 is 1.68. The monoisotopic (exact) mass is 341 g/mol. The predicted molar refractivity (Wildman–Crippen MR) is 96.7 cm³/mol. The number of hydrogen-bond acceptors (Lipinski definition) is 5. The van der Waals surface area contributed by atoms with Crippen molar-refractivity contribution in [1.82, 2.24) is 18.9 Å². The van der Waals surface area contributed by atoms with Gasteiger partial charge in [0.1, 0.15) is 5.82 Å². The maximum atomic E-state index is 9.43. The number of nitrogens with one attached hydrogen (secondary N) is 1. The number of aryl methyl sites for hydroxylation is 1. The van der Waals surface area contributed by atoms with Gasteiger partial charge in [0.25, 0.3) is 0 Å². The van der Waals surface area contributed by atoms with E-state index in [9.17, 15) is 5.11 Å². The van der Waals surface area contributed by atoms with Crippen LogP contribution in [0.2, 0.25) is 0 Å². The molecule has 1 aromatic carbocycles. The SMILES string of the molecule is Cc1nc2cc(NCc3cn4ccnc4s3)ccc2n1C(C)CO. The molecule has 124 valence electrons. The number of aliphatic hydroxyl groups excluding tert-OH is 1. The maximum Gasteiger partial charge on any atom is 0.193 e. The molecule has 0 aliphatic heterocycles. The molecule has 4 aromatic rings. The fraction of sp³-hybridized carbons (Fsp3) is 0.294. The van der Waals surface area contributed by atoms with E-state index in [1.54, 1.807) is 11.3 Å². The zero-order chi connectivity index (χ0) is 16.7. The van der Waals surface area contributed by atoms with E-state index in [4.69, 9.17) is 0 Å². The Kier molecular flexibility index (Phi) is 3.74. The van der Waals surface area contributed by atoms with Crippen LogP contribution in [-0.2, 0) is 6.54 Å². The molecule has 1 atom stereocenters. The standard InChI is InChI=1S/C17H19N5OS/c1-11(10-23)22-12(2)20-15-7-13(3-4-16(15)22)19-8-14-9-21-6-5-18-17(21)24-14/h3-7,9,11,19,23H,8,10H2,1-2H3. The topological polar surface area (TPSA) is 67.4 Å². The van der Waals surface area contributed by atoms with Crippen molar-refractivity contribution < 1.29 is 5.11 Å². The minimum Gasteiger partial charge on any atom is -0.394 e. The van der Waals surface area contributed by atoms with E-state index in [0.717, 1.165) is 34.1 Å². The van der Waals surface area contributed by atoms with E-state index in [2.05, 4.69) is 44.2 Å². The fourth-order valence-electron chi connectivity index (χ4n) is 3.01. The van der Waals surface area contributed by atoms with Crippen LogP contribution >= 0.6 is 11.3 Å². The van der Waals surface area contributed by atoms with E-state index in [0.29, 0.717) is 0 Å². The summed E-state index contributed by atoms with van der Waals surface area (Å²) in [5, 5.41) is 12.9. The van der Waals surface area contributed by atoms with Gasteiger partial charge in [0.2, 0.25) is 0 Å². The smallest absolute Gasteiger partial charge is 0.193 e. The van der Waals surface area contributed by atoms with Crippen LogP contribution in [0.25, 0.3) is 16.0 Å². The summed E-state index contributed by atoms with van der Waals surface area (Å²) in [5.74, 6) is 0.920. The molecule has 0 radical (unpaired) electrons. The second kappa shape index (κ2) is 5.92. The van der Waals surface area contributed by atoms with Gasteiger partial charge in [0.15, 0.2) is 4.96 Å². The largest absolute Gasteiger partial charge is 0.394 e. The minimum absolute atomic E-state index is 0.0242. The molecule has 0 saturated heterocycles. The summed E-state index contributed by atoms with van der Waals surface area (Å²) in [6, 6.07) is 6.20. The summed E-state index contributed by atoms with van der Waals surface area (Å²) in [4.78, 5) is 11.2. The van der Waals surface area contributed by atoms with Crippen LogP contribution in [0, 0.1) is 6.92 Å². The molecular weight excluding hydrogens is 322 g/mol. The van der Waals surface area contributed by atoms with Crippen molar-refractivity contribution in [2.75, 3.05) is 11.9 Å². The number of hydrogen-bond donors (Lipinski definition) is 2. The Bertz CT molecular complexity index is 971. The van der Waals surface area contributed by atoms with Gasteiger partial charge in [-0.3, -0.25) is 4.40 Å². The van der Waals surface area contributed by atoms with Crippen LogP contribution in [-0.4, -0.2) is 30.6 Å². The average molecular weight is 341 g/mol. The van der Waals surface area contributed by atoms with Crippen molar-refractivity contribution in [3.8, 4) is 0 Å². The lowest BCUT2D eigenvalue weighted by molar-refractivity contribution is 0.239. The number of thiazole rings is 1. The maximum absolute atomic E-state index is 9.43. The Hall–Kier alpha value is -2.38. The van der Waals surface area contributed by atoms with Crippen molar-refractivity contribution >= 4 is 33.0 Å². The zero-order valence-electron chi connectivity index (χ0n) is 13.6. The Morgan fingerprint density at radius 2 is 2.25 bits per heavy atom. The van der Waals surface area contributed by atoms with E-state index >= 15 is 0 Å². The number of aliphatic hydroxyl groups is 1. The molecule has 0 spiro atoms. The highest BCUT2D eigenvalue weighted by Crippen LogP contribution is 2.24. The summed E-state index contributed by atoms with van der Waals surface area (Å²) in [6.45, 7) is 4.83. The van der Waals surface area contributed by atoms with Crippen LogP contribution in [0.4, 0.5) is 5.69 Å². The molecule has 3 heterocycles. The molecule has 0 saturated carbocycles. The molecule has 0 aliphatic carbocycles.